The van der Waals surface area contributed by atoms with E-state index in [-0.39, 0.29) is 6.09 Å². The van der Waals surface area contributed by atoms with E-state index in [9.17, 15) is 4.79 Å². The zero-order valence-corrected chi connectivity index (χ0v) is 16.9. The van der Waals surface area contributed by atoms with Crippen molar-refractivity contribution in [3.63, 3.8) is 0 Å². The Morgan fingerprint density at radius 2 is 1.90 bits per heavy atom. The van der Waals surface area contributed by atoms with Gasteiger partial charge >= 0.3 is 6.09 Å². The summed E-state index contributed by atoms with van der Waals surface area (Å²) < 4.78 is 7.72. The van der Waals surface area contributed by atoms with Gasteiger partial charge in [0.25, 0.3) is 0 Å². The van der Waals surface area contributed by atoms with Crippen LogP contribution in [0.15, 0.2) is 48.5 Å². The molecule has 1 N–H and O–H groups in total. The quantitative estimate of drug-likeness (QED) is 0.643. The highest BCUT2D eigenvalue weighted by Crippen LogP contribution is 2.41. The molecule has 2 aromatic carbocycles. The Hall–Kier alpha value is -3.15. The van der Waals surface area contributed by atoms with Crippen LogP contribution in [0.1, 0.15) is 43.4 Å². The number of benzene rings is 2. The van der Waals surface area contributed by atoms with Crippen LogP contribution in [0.2, 0.25) is 0 Å². The van der Waals surface area contributed by atoms with Gasteiger partial charge in [-0.05, 0) is 12.0 Å². The van der Waals surface area contributed by atoms with Crippen molar-refractivity contribution in [1.29, 1.82) is 0 Å². The molecule has 6 nitrogen and oxygen atoms in total. The molecule has 150 valence electrons. The van der Waals surface area contributed by atoms with Crippen molar-refractivity contribution in [3.8, 4) is 22.5 Å². The molecule has 0 bridgehead atoms. The zero-order chi connectivity index (χ0) is 20.2. The van der Waals surface area contributed by atoms with Crippen LogP contribution < -0.4 is 5.32 Å². The van der Waals surface area contributed by atoms with Crippen molar-refractivity contribution in [2.24, 2.45) is 7.05 Å². The second-order valence-corrected chi connectivity index (χ2v) is 7.39. The van der Waals surface area contributed by atoms with Crippen LogP contribution in [0.4, 0.5) is 4.79 Å². The van der Waals surface area contributed by atoms with E-state index < -0.39 is 6.10 Å². The topological polar surface area (TPSA) is 69.0 Å². The second kappa shape index (κ2) is 8.47. The summed E-state index contributed by atoms with van der Waals surface area (Å²) in [6.07, 6.45) is 2.99. The molecule has 1 aliphatic rings. The van der Waals surface area contributed by atoms with E-state index in [4.69, 9.17) is 4.74 Å². The number of nitrogens with one attached hydrogen (secondary N) is 1. The van der Waals surface area contributed by atoms with Crippen molar-refractivity contribution < 1.29 is 9.53 Å². The normalized spacial score (nSPS) is 14.8. The van der Waals surface area contributed by atoms with Gasteiger partial charge in [-0.3, -0.25) is 0 Å². The van der Waals surface area contributed by atoms with Gasteiger partial charge in [-0.1, -0.05) is 73.5 Å². The van der Waals surface area contributed by atoms with E-state index in [1.807, 2.05) is 48.1 Å². The number of carbonyl (C=O) groups is 1. The molecule has 3 aromatic rings. The van der Waals surface area contributed by atoms with Gasteiger partial charge in [0.1, 0.15) is 11.8 Å². The van der Waals surface area contributed by atoms with Crippen LogP contribution in [0.3, 0.4) is 0 Å². The summed E-state index contributed by atoms with van der Waals surface area (Å²) in [5.74, 6) is 0. The third kappa shape index (κ3) is 3.88. The monoisotopic (exact) mass is 390 g/mol. The molecular formula is C23H26N4O2. The first kappa shape index (κ1) is 19.2. The Kier molecular flexibility index (Phi) is 5.60. The average molecular weight is 390 g/mol. The zero-order valence-electron chi connectivity index (χ0n) is 16.9. The van der Waals surface area contributed by atoms with Gasteiger partial charge in [0.15, 0.2) is 0 Å². The van der Waals surface area contributed by atoms with Crippen molar-refractivity contribution in [2.45, 2.75) is 38.7 Å². The lowest BCUT2D eigenvalue weighted by Gasteiger charge is -2.25. The second-order valence-electron chi connectivity index (χ2n) is 7.39. The van der Waals surface area contributed by atoms with E-state index >= 15 is 0 Å². The fraction of sp³-hybridized carbons (Fsp3) is 0.348. The first-order chi connectivity index (χ1) is 14.2. The maximum Gasteiger partial charge on any atom is 0.407 e. The minimum Gasteiger partial charge on any atom is -0.441 e. The highest BCUT2D eigenvalue weighted by atomic mass is 16.6. The van der Waals surface area contributed by atoms with Gasteiger partial charge in [0.05, 0.1) is 5.69 Å². The number of ether oxygens (including phenoxy) is 1. The summed E-state index contributed by atoms with van der Waals surface area (Å²) in [6.45, 7) is 2.77. The molecule has 0 aliphatic heterocycles. The number of carbonyl (C=O) groups excluding carboxylic acids is 1. The minimum atomic E-state index is -0.395. The summed E-state index contributed by atoms with van der Waals surface area (Å²) in [5.41, 5.74) is 5.88. The molecule has 1 unspecified atom stereocenters. The maximum atomic E-state index is 12.5. The number of alkyl carbamates (subject to hydrolysis) is 1. The molecule has 0 saturated carbocycles. The Morgan fingerprint density at radius 3 is 2.72 bits per heavy atom. The van der Waals surface area contributed by atoms with Gasteiger partial charge in [-0.2, -0.15) is 0 Å². The van der Waals surface area contributed by atoms with E-state index in [0.717, 1.165) is 52.9 Å². The number of hydrogen-bond donors (Lipinski definition) is 1. The van der Waals surface area contributed by atoms with Crippen LogP contribution in [-0.4, -0.2) is 27.6 Å². The van der Waals surface area contributed by atoms with Crippen molar-refractivity contribution in [1.82, 2.24) is 20.3 Å². The van der Waals surface area contributed by atoms with Gasteiger partial charge in [0, 0.05) is 36.7 Å². The van der Waals surface area contributed by atoms with E-state index in [0.29, 0.717) is 13.0 Å². The summed E-state index contributed by atoms with van der Waals surface area (Å²) in [6, 6.07) is 16.2. The summed E-state index contributed by atoms with van der Waals surface area (Å²) >= 11 is 0. The van der Waals surface area contributed by atoms with Gasteiger partial charge in [0.2, 0.25) is 0 Å². The van der Waals surface area contributed by atoms with Crippen LogP contribution in [-0.2, 0) is 18.2 Å². The first-order valence-corrected chi connectivity index (χ1v) is 10.2. The number of unbranched alkanes of at least 4 members (excludes halogenated alkanes) is 2. The predicted octanol–water partition coefficient (Wildman–Crippen LogP) is 4.66. The lowest BCUT2D eigenvalue weighted by atomic mass is 9.87. The maximum absolute atomic E-state index is 12.5. The molecule has 1 atom stereocenters. The Morgan fingerprint density at radius 1 is 1.14 bits per heavy atom. The Bertz CT molecular complexity index is 1010. The lowest BCUT2D eigenvalue weighted by Crippen LogP contribution is -2.28. The number of fused-ring (bicyclic) bond motifs is 5. The van der Waals surface area contributed by atoms with Crippen LogP contribution in [0.25, 0.3) is 22.5 Å². The minimum absolute atomic E-state index is 0.377. The first-order valence-electron chi connectivity index (χ1n) is 10.2. The molecule has 1 aliphatic carbocycles. The molecular weight excluding hydrogens is 364 g/mol. The molecule has 4 rings (SSSR count). The smallest absolute Gasteiger partial charge is 0.407 e. The molecule has 6 heteroatoms. The SMILES string of the molecule is CCCCCNC(=O)OC1Cc2ccccc2-c2c(nnn2C)-c2ccccc21. The number of amides is 1. The number of aromatic nitrogens is 3. The van der Waals surface area contributed by atoms with Crippen molar-refractivity contribution in [2.75, 3.05) is 6.54 Å². The van der Waals surface area contributed by atoms with Gasteiger partial charge < -0.3 is 10.1 Å². The third-order valence-corrected chi connectivity index (χ3v) is 5.37. The Balaban J connectivity index is 1.72. The molecule has 1 amide bonds. The lowest BCUT2D eigenvalue weighted by molar-refractivity contribution is 0.0976. The Labute approximate surface area is 170 Å². The van der Waals surface area contributed by atoms with Crippen molar-refractivity contribution >= 4 is 6.09 Å². The molecule has 0 saturated heterocycles. The largest absolute Gasteiger partial charge is 0.441 e. The van der Waals surface area contributed by atoms with Crippen LogP contribution in [0, 0.1) is 0 Å². The number of rotatable bonds is 5. The van der Waals surface area contributed by atoms with Crippen LogP contribution >= 0.6 is 0 Å². The number of aryl methyl sites for hydroxylation is 1. The highest BCUT2D eigenvalue weighted by molar-refractivity contribution is 5.82. The molecule has 0 spiro atoms. The molecule has 1 heterocycles. The molecule has 1 aromatic heterocycles. The summed E-state index contributed by atoms with van der Waals surface area (Å²) in [4.78, 5) is 12.5. The van der Waals surface area contributed by atoms with Crippen molar-refractivity contribution in [3.05, 3.63) is 59.7 Å². The fourth-order valence-corrected chi connectivity index (χ4v) is 3.91. The highest BCUT2D eigenvalue weighted by Gasteiger charge is 2.29. The average Bonchev–Trinajstić information content (AvgIpc) is 3.11. The summed E-state index contributed by atoms with van der Waals surface area (Å²) in [7, 11) is 1.91. The predicted molar refractivity (Wildman–Crippen MR) is 112 cm³/mol. The number of nitrogens with zero attached hydrogens (tertiary/aromatic N) is 3. The standard InChI is InChI=1S/C23H26N4O2/c1-3-4-9-14-24-23(28)29-20-15-16-10-5-6-11-17(16)22-21(25-26-27(22)2)19-13-8-7-12-18(19)20/h5-8,10-13,20H,3-4,9,14-15H2,1-2H3,(H,24,28). The van der Waals surface area contributed by atoms with Gasteiger partial charge in [-0.25, -0.2) is 9.48 Å². The van der Waals surface area contributed by atoms with Gasteiger partial charge in [-0.15, -0.1) is 5.10 Å². The number of hydrogen-bond acceptors (Lipinski definition) is 4. The fourth-order valence-electron chi connectivity index (χ4n) is 3.91. The molecule has 0 fully saturated rings. The molecule has 29 heavy (non-hydrogen) atoms. The van der Waals surface area contributed by atoms with Crippen LogP contribution in [0.5, 0.6) is 0 Å². The summed E-state index contributed by atoms with van der Waals surface area (Å²) in [5, 5.41) is 11.6. The third-order valence-electron chi connectivity index (χ3n) is 5.37. The van der Waals surface area contributed by atoms with E-state index in [1.54, 1.807) is 0 Å². The molecule has 0 radical (unpaired) electrons. The van der Waals surface area contributed by atoms with E-state index in [2.05, 4.69) is 34.7 Å². The van der Waals surface area contributed by atoms with E-state index in [1.165, 1.54) is 0 Å².